The number of aliphatic carboxylic acids is 1. The number of quaternary nitrogens is 1. The molecule has 0 aromatic heterocycles. The number of para-hydroxylation sites is 1. The number of nitrogens with two attached hydrogens (primary N) is 1. The van der Waals surface area contributed by atoms with E-state index in [1.54, 1.807) is 51.8 Å². The molecule has 2 aromatic carbocycles. The van der Waals surface area contributed by atoms with Gasteiger partial charge in [0.05, 0.1) is 40.3 Å². The number of carboxylic acid groups (broad SMARTS) is 1. The number of rotatable bonds is 32. The molecule has 100 heavy (non-hydrogen) atoms. The number of anilines is 2. The zero-order chi connectivity index (χ0) is 77.5. The van der Waals surface area contributed by atoms with Crippen LogP contribution in [0.4, 0.5) is 16.2 Å². The Kier molecular flexibility index (Phi) is 67.1. The molecule has 1 saturated heterocycles. The van der Waals surface area contributed by atoms with Gasteiger partial charge in [0.25, 0.3) is 11.8 Å². The summed E-state index contributed by atoms with van der Waals surface area (Å²) in [6.45, 7) is 48.6. The third-order valence-corrected chi connectivity index (χ3v) is 11.2. The molecule has 10 amide bonds. The zero-order valence-electron chi connectivity index (χ0n) is 60.8. The van der Waals surface area contributed by atoms with E-state index >= 15 is 0 Å². The maximum atomic E-state index is 11.5. The Morgan fingerprint density at radius 2 is 1.15 bits per heavy atom. The molecule has 0 atom stereocenters. The molecule has 0 saturated carbocycles. The van der Waals surface area contributed by atoms with Gasteiger partial charge in [0.15, 0.2) is 0 Å². The molecule has 0 aliphatic carbocycles. The van der Waals surface area contributed by atoms with Crippen molar-refractivity contribution in [2.75, 3.05) is 91.3 Å². The van der Waals surface area contributed by atoms with Crippen molar-refractivity contribution in [1.29, 1.82) is 0 Å². The van der Waals surface area contributed by atoms with E-state index in [0.717, 1.165) is 66.3 Å². The number of imide groups is 1. The smallest absolute Gasteiger partial charge is 0.416 e. The second-order valence-corrected chi connectivity index (χ2v) is 22.4. The number of halogens is 1. The van der Waals surface area contributed by atoms with Gasteiger partial charge in [0.1, 0.15) is 31.6 Å². The van der Waals surface area contributed by atoms with Crippen LogP contribution in [0.5, 0.6) is 5.75 Å². The average molecular weight is 1430 g/mol. The maximum Gasteiger partial charge on any atom is 0.416 e. The topological polar surface area (TPSA) is 378 Å². The number of benzene rings is 2. The van der Waals surface area contributed by atoms with Crippen LogP contribution in [0.25, 0.3) is 0 Å². The first kappa shape index (κ1) is 103. The van der Waals surface area contributed by atoms with E-state index in [4.69, 9.17) is 25.4 Å². The van der Waals surface area contributed by atoms with Gasteiger partial charge >= 0.3 is 12.1 Å². The molecule has 0 spiro atoms. The molecular weight excluding hydrogens is 1310 g/mol. The second-order valence-electron chi connectivity index (χ2n) is 22.4. The minimum Gasteiger partial charge on any atom is -1.00 e. The van der Waals surface area contributed by atoms with Crippen LogP contribution in [0.3, 0.4) is 0 Å². The number of ketones is 1. The van der Waals surface area contributed by atoms with Crippen molar-refractivity contribution in [2.24, 2.45) is 5.73 Å². The van der Waals surface area contributed by atoms with Gasteiger partial charge in [-0.2, -0.15) is 0 Å². The van der Waals surface area contributed by atoms with E-state index < -0.39 is 29.4 Å². The summed E-state index contributed by atoms with van der Waals surface area (Å²) < 4.78 is 15.5. The minimum absolute atomic E-state index is 0. The number of likely N-dealkylation sites (N-methyl/N-ethyl adjacent to an activating group) is 1. The third kappa shape index (κ3) is 72.2. The van der Waals surface area contributed by atoms with E-state index in [-0.39, 0.29) is 91.3 Å². The van der Waals surface area contributed by atoms with Crippen LogP contribution >= 0.6 is 0 Å². The van der Waals surface area contributed by atoms with Crippen LogP contribution in [-0.4, -0.2) is 183 Å². The fourth-order valence-corrected chi connectivity index (χ4v) is 6.11. The van der Waals surface area contributed by atoms with Crippen LogP contribution < -0.4 is 54.9 Å². The number of carbonyl (C=O) groups is 12. The molecule has 560 valence electrons. The summed E-state index contributed by atoms with van der Waals surface area (Å²) >= 11 is 0. The van der Waals surface area contributed by atoms with Crippen molar-refractivity contribution in [1.82, 2.24) is 31.5 Å². The number of unbranched alkanes of at least 4 members (excludes halogenated alkanes) is 3. The van der Waals surface area contributed by atoms with Crippen LogP contribution in [0, 0.1) is 0 Å². The number of phenolic OH excluding ortho intramolecular Hbond substituents is 1. The van der Waals surface area contributed by atoms with Gasteiger partial charge in [-0.1, -0.05) is 97.2 Å². The number of carbonyl (C=O) groups excluding carboxylic acids is 11. The van der Waals surface area contributed by atoms with Gasteiger partial charge in [0.2, 0.25) is 41.4 Å². The lowest BCUT2D eigenvalue weighted by Crippen LogP contribution is -3.00. The number of Topliss-reactive ketones (excluding diaryl/α,β-unsaturated/α-hetero) is 1. The van der Waals surface area contributed by atoms with Crippen molar-refractivity contribution in [3.63, 3.8) is 0 Å². The average Bonchev–Trinajstić information content (AvgIpc) is 1.93. The second kappa shape index (κ2) is 64.9. The van der Waals surface area contributed by atoms with E-state index in [1.807, 2.05) is 44.2 Å². The number of primary amides is 1. The Bertz CT molecular complexity index is 2860. The standard InChI is InChI=1S/C11H13NO.C9H18N2O.C9H15NO3.C9H9NO2.C9H15NO2.C8H15NO2.C7H13NO2.C6H7NO3.C4H7NO.ClH/c1-9(2)11(13)12(3)10-7-5-4-6-8-10;1-5-9(12)10-7-6-8-11(2,3)4;1-2-8(11)10-7-5-3-4-6-9(12)13;1-2-9(12)10-7-3-5-8(11)6-4-7;1-5-8(12)10-9(3,4)6-7(2)11;1-3-5-6-11-7-9-8(10)4-2;1-4-7(9)8-5-10-6(2)3;1-2-5(8)7-3-4-10-6(7)9;1-3(2)4(5)6;/h4-8H,1H2,2-3H3;5H,1,6-8H2,2-4H3;2H,1,3-7H2,(H,10,11)(H,12,13);2-6,11H,1H2,(H,10,12);5H,1,6H2,2-4H3,(H,10,12);4H,2-3,5-7H2,1H3,(H,9,10);4,6H,1,5H2,2-3H3,(H,8,9);2H,1,3-4H2;1H2,2H3,(H2,5,6);1H. The Balaban J connectivity index is -0.000000195. The summed E-state index contributed by atoms with van der Waals surface area (Å²) in [6, 6.07) is 15.7. The molecule has 0 radical (unpaired) electrons. The molecule has 0 unspecified atom stereocenters. The summed E-state index contributed by atoms with van der Waals surface area (Å²) in [4.78, 5) is 130. The summed E-state index contributed by atoms with van der Waals surface area (Å²) in [7, 11) is 8.15. The predicted molar refractivity (Wildman–Crippen MR) is 390 cm³/mol. The molecule has 10 N–H and O–H groups in total. The zero-order valence-corrected chi connectivity index (χ0v) is 61.6. The van der Waals surface area contributed by atoms with Crippen molar-refractivity contribution >= 4 is 82.4 Å². The van der Waals surface area contributed by atoms with E-state index in [9.17, 15) is 57.5 Å². The number of phenols is 1. The van der Waals surface area contributed by atoms with Crippen molar-refractivity contribution < 1.29 is 98.8 Å². The van der Waals surface area contributed by atoms with Crippen molar-refractivity contribution in [3.05, 3.63) is 167 Å². The highest BCUT2D eigenvalue weighted by Gasteiger charge is 2.26. The fourth-order valence-electron chi connectivity index (χ4n) is 6.11. The summed E-state index contributed by atoms with van der Waals surface area (Å²) in [6.07, 6.45) is 14.0. The van der Waals surface area contributed by atoms with E-state index in [2.05, 4.69) is 124 Å². The summed E-state index contributed by atoms with van der Waals surface area (Å²) in [5.74, 6) is -2.60. The van der Waals surface area contributed by atoms with Crippen LogP contribution in [0.15, 0.2) is 167 Å². The molecule has 1 aliphatic rings. The highest BCUT2D eigenvalue weighted by Crippen LogP contribution is 2.14. The molecule has 2 aromatic rings. The normalized spacial score (nSPS) is 10.2. The van der Waals surface area contributed by atoms with Crippen molar-refractivity contribution in [3.8, 4) is 5.75 Å². The number of amides is 10. The molecule has 1 heterocycles. The number of aromatic hydroxyl groups is 1. The lowest BCUT2D eigenvalue weighted by Gasteiger charge is -2.23. The van der Waals surface area contributed by atoms with Crippen LogP contribution in [-0.2, 0) is 67.0 Å². The fraction of sp³-hybridized carbons (Fsp3) is 0.417. The SMILES string of the molecule is C=C(C)C(=O)N(C)c1ccccc1.C=C(C)C(N)=O.C=CC(=O)N1CCOC1=O.C=CC(=O)NC(C)(C)CC(C)=O.C=CC(=O)NCCCCCC(=O)O.C=CC(=O)NCCC[N+](C)(C)C.C=CC(=O)NCOC(C)C.C=CC(=O)NCOCCCC.C=CC(=O)Nc1ccc(O)cc1.[Cl-]. The molecule has 28 heteroatoms. The Morgan fingerprint density at radius 3 is 1.54 bits per heavy atom. The lowest BCUT2D eigenvalue weighted by molar-refractivity contribution is -0.870. The van der Waals surface area contributed by atoms with Crippen molar-refractivity contribution in [2.45, 2.75) is 118 Å². The van der Waals surface area contributed by atoms with Gasteiger partial charge in [-0.25, -0.2) is 9.69 Å². The van der Waals surface area contributed by atoms with Gasteiger partial charge < -0.3 is 83.8 Å². The molecule has 1 fully saturated rings. The van der Waals surface area contributed by atoms with Crippen LogP contribution in [0.1, 0.15) is 107 Å². The first-order valence-electron chi connectivity index (χ1n) is 31.2. The first-order chi connectivity index (χ1) is 46.2. The van der Waals surface area contributed by atoms with Crippen LogP contribution in [0.2, 0.25) is 0 Å². The summed E-state index contributed by atoms with van der Waals surface area (Å²) in [5, 5.41) is 32.8. The Labute approximate surface area is 598 Å². The Morgan fingerprint density at radius 1 is 0.680 bits per heavy atom. The largest absolute Gasteiger partial charge is 1.00 e. The molecule has 3 rings (SSSR count). The quantitative estimate of drug-likeness (QED) is 0.0152. The number of cyclic esters (lactones) is 1. The molecular formula is C72H113ClN10O17. The lowest BCUT2D eigenvalue weighted by atomic mass is 9.98. The Hall–Kier alpha value is -10.1. The number of nitrogens with zero attached hydrogens (tertiary/aromatic N) is 3. The number of carboxylic acids is 1. The molecule has 1 aliphatic heterocycles. The number of ether oxygens (including phenoxy) is 3. The van der Waals surface area contributed by atoms with Gasteiger partial charge in [-0.05, 0) is 147 Å². The number of nitrogens with one attached hydrogen (secondary N) is 6. The van der Waals surface area contributed by atoms with E-state index in [1.165, 1.54) is 55.5 Å². The first-order valence-corrected chi connectivity index (χ1v) is 31.2. The predicted octanol–water partition coefficient (Wildman–Crippen LogP) is 5.04. The minimum atomic E-state index is -0.768. The van der Waals surface area contributed by atoms with Gasteiger partial charge in [-0.15, -0.1) is 0 Å². The monoisotopic (exact) mass is 1420 g/mol. The molecule has 27 nitrogen and oxygen atoms in total. The maximum absolute atomic E-state index is 11.5. The number of hydrogen-bond donors (Lipinski definition) is 9. The summed E-state index contributed by atoms with van der Waals surface area (Å²) in [5.41, 5.74) is 6.69. The molecule has 0 bridgehead atoms. The van der Waals surface area contributed by atoms with Gasteiger partial charge in [0, 0.05) is 74.1 Å². The van der Waals surface area contributed by atoms with Gasteiger partial charge in [-0.3, -0.25) is 52.7 Å². The van der Waals surface area contributed by atoms with E-state index in [0.29, 0.717) is 56.0 Å². The highest BCUT2D eigenvalue weighted by atomic mass is 35.5. The highest BCUT2D eigenvalue weighted by molar-refractivity contribution is 6.04. The third-order valence-electron chi connectivity index (χ3n) is 11.2. The number of hydrogen-bond acceptors (Lipinski definition) is 16.